The number of carbonyl (C=O) groups is 2. The monoisotopic (exact) mass is 678 g/mol. The highest BCUT2D eigenvalue weighted by Gasteiger charge is 2.27. The Hall–Kier alpha value is -3.23. The van der Waals surface area contributed by atoms with Gasteiger partial charge in [0.25, 0.3) is 0 Å². The number of halogens is 2. The van der Waals surface area contributed by atoms with E-state index in [4.69, 9.17) is 32.7 Å². The molecule has 0 spiro atoms. The number of amides is 1. The highest BCUT2D eigenvalue weighted by atomic mass is 35.5. The Balaban J connectivity index is 1.42. The molecule has 0 N–H and O–H groups in total. The van der Waals surface area contributed by atoms with Crippen molar-refractivity contribution in [2.75, 3.05) is 39.5 Å². The van der Waals surface area contributed by atoms with Crippen molar-refractivity contribution in [1.29, 1.82) is 0 Å². The first-order chi connectivity index (χ1) is 21.9. The van der Waals surface area contributed by atoms with Crippen molar-refractivity contribution < 1.29 is 19.1 Å². The fourth-order valence-corrected chi connectivity index (χ4v) is 7.01. The van der Waals surface area contributed by atoms with E-state index in [2.05, 4.69) is 17.0 Å². The third-order valence-electron chi connectivity index (χ3n) is 7.95. The minimum Gasteiger partial charge on any atom is -0.489 e. The summed E-state index contributed by atoms with van der Waals surface area (Å²) in [6.45, 7) is 7.99. The lowest BCUT2D eigenvalue weighted by atomic mass is 9.88. The van der Waals surface area contributed by atoms with Crippen LogP contribution in [-0.2, 0) is 9.59 Å². The van der Waals surface area contributed by atoms with Crippen molar-refractivity contribution in [3.8, 4) is 11.5 Å². The van der Waals surface area contributed by atoms with Gasteiger partial charge in [0.05, 0.1) is 5.41 Å². The Morgan fingerprint density at radius 3 is 2.41 bits per heavy atom. The number of likely N-dealkylation sites (N-methyl/N-ethyl adjacent to an activating group) is 1. The molecule has 1 saturated heterocycles. The van der Waals surface area contributed by atoms with Gasteiger partial charge in [-0.15, -0.1) is 11.8 Å². The fraction of sp³-hybridized carbons (Fsp3) is 0.351. The molecule has 2 aliphatic heterocycles. The van der Waals surface area contributed by atoms with Crippen molar-refractivity contribution >= 4 is 58.0 Å². The molecule has 0 radical (unpaired) electrons. The van der Waals surface area contributed by atoms with Crippen LogP contribution in [0.15, 0.2) is 77.7 Å². The quantitative estimate of drug-likeness (QED) is 0.135. The normalized spacial score (nSPS) is 17.2. The minimum absolute atomic E-state index is 0.0111. The predicted octanol–water partition coefficient (Wildman–Crippen LogP) is 8.50. The van der Waals surface area contributed by atoms with E-state index in [0.29, 0.717) is 15.8 Å². The Morgan fingerprint density at radius 1 is 1.00 bits per heavy atom. The van der Waals surface area contributed by atoms with E-state index in [9.17, 15) is 9.59 Å². The average molecular weight is 680 g/mol. The molecule has 3 aromatic carbocycles. The van der Waals surface area contributed by atoms with Gasteiger partial charge in [-0.3, -0.25) is 14.5 Å². The molecule has 0 saturated carbocycles. The second kappa shape index (κ2) is 14.7. The molecule has 6 nitrogen and oxygen atoms in total. The van der Waals surface area contributed by atoms with Crippen LogP contribution in [0.3, 0.4) is 0 Å². The van der Waals surface area contributed by atoms with Gasteiger partial charge in [0, 0.05) is 60.5 Å². The molecular formula is C37H40Cl2N2O4S. The fourth-order valence-electron chi connectivity index (χ4n) is 5.44. The van der Waals surface area contributed by atoms with Gasteiger partial charge in [0.2, 0.25) is 5.91 Å². The van der Waals surface area contributed by atoms with Crippen LogP contribution in [-0.4, -0.2) is 67.3 Å². The molecule has 3 aromatic rings. The van der Waals surface area contributed by atoms with Crippen molar-refractivity contribution in [2.45, 2.75) is 44.6 Å². The number of carbonyl (C=O) groups excluding carboxylic acids is 2. The van der Waals surface area contributed by atoms with Gasteiger partial charge < -0.3 is 14.4 Å². The van der Waals surface area contributed by atoms with Crippen LogP contribution >= 0.6 is 35.0 Å². The molecule has 0 aromatic heterocycles. The Bertz CT molecular complexity index is 1660. The Kier molecular flexibility index (Phi) is 10.9. The zero-order valence-corrected chi connectivity index (χ0v) is 29.3. The molecule has 2 aliphatic rings. The standard InChI is InChI=1S/C37H40Cl2N2O4S/c1-37(2,3)36(43)45-27-13-15-31-33(22-27)46-20-17-30(29-14-10-25(38)21-32(29)39)35(31)24-8-11-26(12-9-24)44-28-16-19-41(23-28)18-6-7-34(42)40(4)5/h6-15,21-22,28H,16-20,23H2,1-5H3/t28-/m0/s1. The number of benzene rings is 3. The van der Waals surface area contributed by atoms with Crippen LogP contribution < -0.4 is 9.47 Å². The molecule has 0 aliphatic carbocycles. The van der Waals surface area contributed by atoms with Crippen LogP contribution in [0.4, 0.5) is 0 Å². The maximum Gasteiger partial charge on any atom is 0.316 e. The summed E-state index contributed by atoms with van der Waals surface area (Å²) in [6.07, 6.45) is 5.33. The topological polar surface area (TPSA) is 59.1 Å². The van der Waals surface area contributed by atoms with Crippen molar-refractivity contribution in [3.63, 3.8) is 0 Å². The third kappa shape index (κ3) is 8.37. The van der Waals surface area contributed by atoms with Crippen LogP contribution in [0, 0.1) is 5.41 Å². The summed E-state index contributed by atoms with van der Waals surface area (Å²) in [6, 6.07) is 19.8. The van der Waals surface area contributed by atoms with Gasteiger partial charge in [-0.1, -0.05) is 47.5 Å². The number of nitrogens with zero attached hydrogens (tertiary/aromatic N) is 2. The molecule has 1 amide bonds. The molecule has 242 valence electrons. The van der Waals surface area contributed by atoms with E-state index in [-0.39, 0.29) is 18.0 Å². The average Bonchev–Trinajstić information content (AvgIpc) is 3.35. The number of esters is 1. The maximum atomic E-state index is 12.6. The maximum absolute atomic E-state index is 12.6. The summed E-state index contributed by atoms with van der Waals surface area (Å²) in [5, 5.41) is 1.20. The van der Waals surface area contributed by atoms with Gasteiger partial charge in [-0.25, -0.2) is 0 Å². The summed E-state index contributed by atoms with van der Waals surface area (Å²) in [5.41, 5.74) is 4.66. The number of rotatable bonds is 8. The van der Waals surface area contributed by atoms with E-state index in [1.54, 1.807) is 42.9 Å². The summed E-state index contributed by atoms with van der Waals surface area (Å²) in [5.74, 6) is 1.90. The number of fused-ring (bicyclic) bond motifs is 1. The van der Waals surface area contributed by atoms with Gasteiger partial charge >= 0.3 is 5.97 Å². The summed E-state index contributed by atoms with van der Waals surface area (Å²) >= 11 is 14.8. The first-order valence-corrected chi connectivity index (χ1v) is 17.2. The number of hydrogen-bond acceptors (Lipinski definition) is 6. The first kappa shape index (κ1) is 34.1. The zero-order valence-electron chi connectivity index (χ0n) is 26.9. The smallest absolute Gasteiger partial charge is 0.316 e. The molecule has 1 fully saturated rings. The summed E-state index contributed by atoms with van der Waals surface area (Å²) in [7, 11) is 3.50. The summed E-state index contributed by atoms with van der Waals surface area (Å²) < 4.78 is 12.1. The second-order valence-electron chi connectivity index (χ2n) is 12.8. The molecule has 5 rings (SSSR count). The lowest BCUT2D eigenvalue weighted by molar-refractivity contribution is -0.143. The van der Waals surface area contributed by atoms with E-state index in [1.807, 2.05) is 69.3 Å². The van der Waals surface area contributed by atoms with Crippen molar-refractivity contribution in [2.24, 2.45) is 5.41 Å². The van der Waals surface area contributed by atoms with E-state index in [1.165, 1.54) is 0 Å². The number of allylic oxidation sites excluding steroid dienone is 1. The Labute approximate surface area is 286 Å². The van der Waals surface area contributed by atoms with Crippen LogP contribution in [0.1, 0.15) is 50.3 Å². The third-order valence-corrected chi connectivity index (χ3v) is 9.56. The van der Waals surface area contributed by atoms with Crippen LogP contribution in [0.5, 0.6) is 11.5 Å². The SMILES string of the molecule is CN(C)C(=O)C=CCN1CC[C@H](Oc2ccc(C3=C(c4ccc(Cl)cc4Cl)CCSc4cc(OC(=O)C(C)(C)C)ccc43)cc2)C1. The zero-order chi connectivity index (χ0) is 33.0. The molecule has 0 unspecified atom stereocenters. The predicted molar refractivity (Wildman–Crippen MR) is 189 cm³/mol. The van der Waals surface area contributed by atoms with Gasteiger partial charge in [0.1, 0.15) is 17.6 Å². The highest BCUT2D eigenvalue weighted by Crippen LogP contribution is 2.46. The first-order valence-electron chi connectivity index (χ1n) is 15.4. The van der Waals surface area contributed by atoms with E-state index in [0.717, 1.165) is 76.7 Å². The molecule has 9 heteroatoms. The van der Waals surface area contributed by atoms with Gasteiger partial charge in [-0.2, -0.15) is 0 Å². The molecule has 1 atom stereocenters. The highest BCUT2D eigenvalue weighted by molar-refractivity contribution is 7.99. The van der Waals surface area contributed by atoms with E-state index < -0.39 is 5.41 Å². The number of thioether (sulfide) groups is 1. The lowest BCUT2D eigenvalue weighted by Crippen LogP contribution is -2.25. The molecular weight excluding hydrogens is 639 g/mol. The Morgan fingerprint density at radius 2 is 1.72 bits per heavy atom. The van der Waals surface area contributed by atoms with Gasteiger partial charge in [0.15, 0.2) is 0 Å². The second-order valence-corrected chi connectivity index (χ2v) is 14.8. The van der Waals surface area contributed by atoms with Gasteiger partial charge in [-0.05, 0) is 104 Å². The number of ether oxygens (including phenoxy) is 2. The molecule has 0 bridgehead atoms. The number of hydrogen-bond donors (Lipinski definition) is 0. The molecule has 46 heavy (non-hydrogen) atoms. The lowest BCUT2D eigenvalue weighted by Gasteiger charge is -2.20. The molecule has 2 heterocycles. The number of likely N-dealkylation sites (tertiary alicyclic amines) is 1. The minimum atomic E-state index is -0.604. The van der Waals surface area contributed by atoms with Crippen molar-refractivity contribution in [3.05, 3.63) is 99.6 Å². The van der Waals surface area contributed by atoms with Crippen molar-refractivity contribution in [1.82, 2.24) is 9.80 Å². The largest absolute Gasteiger partial charge is 0.489 e. The summed E-state index contributed by atoms with van der Waals surface area (Å²) in [4.78, 5) is 29.4. The van der Waals surface area contributed by atoms with E-state index >= 15 is 0 Å². The van der Waals surface area contributed by atoms with Crippen LogP contribution in [0.25, 0.3) is 11.1 Å². The van der Waals surface area contributed by atoms with Crippen LogP contribution in [0.2, 0.25) is 10.0 Å².